The van der Waals surface area contributed by atoms with E-state index in [2.05, 4.69) is 18.3 Å². The summed E-state index contributed by atoms with van der Waals surface area (Å²) in [6.07, 6.45) is 0.760. The highest BCUT2D eigenvalue weighted by Crippen LogP contribution is 2.21. The lowest BCUT2D eigenvalue weighted by molar-refractivity contribution is -0.122. The number of amides is 1. The summed E-state index contributed by atoms with van der Waals surface area (Å²) in [6.45, 7) is 3.28. The molecule has 20 heavy (non-hydrogen) atoms. The van der Waals surface area contributed by atoms with Crippen molar-refractivity contribution in [1.82, 2.24) is 5.32 Å². The van der Waals surface area contributed by atoms with E-state index in [1.165, 1.54) is 5.56 Å². The molecule has 1 N–H and O–H groups in total. The van der Waals surface area contributed by atoms with Gasteiger partial charge < -0.3 is 14.8 Å². The van der Waals surface area contributed by atoms with Crippen LogP contribution in [-0.4, -0.2) is 44.1 Å². The van der Waals surface area contributed by atoms with Gasteiger partial charge in [0.05, 0.1) is 18.4 Å². The molecule has 1 aliphatic rings. The van der Waals surface area contributed by atoms with Crippen LogP contribution >= 0.6 is 11.8 Å². The summed E-state index contributed by atoms with van der Waals surface area (Å²) in [5.74, 6) is 0.478. The largest absolute Gasteiger partial charge is 0.379 e. The van der Waals surface area contributed by atoms with E-state index in [-0.39, 0.29) is 18.1 Å². The van der Waals surface area contributed by atoms with Crippen LogP contribution in [0.4, 0.5) is 0 Å². The van der Waals surface area contributed by atoms with E-state index >= 15 is 0 Å². The van der Waals surface area contributed by atoms with Gasteiger partial charge in [-0.25, -0.2) is 0 Å². The van der Waals surface area contributed by atoms with E-state index in [4.69, 9.17) is 9.47 Å². The van der Waals surface area contributed by atoms with Gasteiger partial charge in [0.1, 0.15) is 6.10 Å². The van der Waals surface area contributed by atoms with Crippen molar-refractivity contribution in [3.05, 3.63) is 29.8 Å². The number of carbonyl (C=O) groups excluding carboxylic acids is 1. The number of benzene rings is 1. The summed E-state index contributed by atoms with van der Waals surface area (Å²) in [4.78, 5) is 13.2. The zero-order valence-corrected chi connectivity index (χ0v) is 12.7. The van der Waals surface area contributed by atoms with E-state index in [1.54, 1.807) is 18.9 Å². The van der Waals surface area contributed by atoms with Crippen LogP contribution < -0.4 is 5.32 Å². The van der Waals surface area contributed by atoms with E-state index in [0.29, 0.717) is 19.0 Å². The quantitative estimate of drug-likeness (QED) is 0.844. The van der Waals surface area contributed by atoms with E-state index in [0.717, 1.165) is 11.3 Å². The first-order valence-electron chi connectivity index (χ1n) is 6.79. The average molecular weight is 295 g/mol. The number of carbonyl (C=O) groups is 1. The Hall–Kier alpha value is -1.04. The average Bonchev–Trinajstić information content (AvgIpc) is 2.47. The molecule has 2 atom stereocenters. The van der Waals surface area contributed by atoms with Crippen LogP contribution in [0.2, 0.25) is 0 Å². The summed E-state index contributed by atoms with van der Waals surface area (Å²) >= 11 is 1.57. The Morgan fingerprint density at radius 1 is 1.50 bits per heavy atom. The molecule has 0 spiro atoms. The molecule has 1 aromatic carbocycles. The number of thioether (sulfide) groups is 1. The van der Waals surface area contributed by atoms with Crippen LogP contribution in [0.5, 0.6) is 0 Å². The molecule has 1 aromatic rings. The topological polar surface area (TPSA) is 47.6 Å². The van der Waals surface area contributed by atoms with Crippen molar-refractivity contribution < 1.29 is 14.3 Å². The van der Waals surface area contributed by atoms with Crippen LogP contribution in [0.1, 0.15) is 12.0 Å². The first-order chi connectivity index (χ1) is 9.70. The van der Waals surface area contributed by atoms with Crippen LogP contribution in [0.3, 0.4) is 0 Å². The minimum Gasteiger partial charge on any atom is -0.379 e. The molecule has 4 nitrogen and oxygen atoms in total. The fraction of sp³-hybridized carbons (Fsp3) is 0.533. The van der Waals surface area contributed by atoms with Gasteiger partial charge in [0, 0.05) is 18.6 Å². The van der Waals surface area contributed by atoms with Crippen molar-refractivity contribution in [2.24, 2.45) is 0 Å². The molecule has 2 unspecified atom stereocenters. The maximum absolute atomic E-state index is 12.0. The van der Waals surface area contributed by atoms with E-state index in [1.807, 2.05) is 18.2 Å². The predicted octanol–water partition coefficient (Wildman–Crippen LogP) is 2.01. The minimum atomic E-state index is -0.0452. The molecule has 0 radical (unpaired) electrons. The molecular formula is C15H21NO3S. The molecule has 0 aliphatic carbocycles. The van der Waals surface area contributed by atoms with Gasteiger partial charge in [0.2, 0.25) is 5.91 Å². The van der Waals surface area contributed by atoms with Crippen molar-refractivity contribution in [1.29, 1.82) is 0 Å². The van der Waals surface area contributed by atoms with Gasteiger partial charge >= 0.3 is 0 Å². The molecule has 1 heterocycles. The normalized spacial score (nSPS) is 22.5. The van der Waals surface area contributed by atoms with Crippen molar-refractivity contribution >= 4 is 17.7 Å². The maximum atomic E-state index is 12.0. The summed E-state index contributed by atoms with van der Waals surface area (Å²) in [6, 6.07) is 8.15. The molecule has 1 saturated heterocycles. The zero-order chi connectivity index (χ0) is 14.4. The molecule has 0 bridgehead atoms. The SMILES string of the molecule is COC1COCCC1NC(=O)CSc1ccccc1C. The second kappa shape index (κ2) is 7.67. The molecule has 1 aliphatic heterocycles. The number of rotatable bonds is 5. The van der Waals surface area contributed by atoms with Crippen LogP contribution in [0.25, 0.3) is 0 Å². The molecule has 5 heteroatoms. The summed E-state index contributed by atoms with van der Waals surface area (Å²) < 4.78 is 10.7. The Labute approximate surface area is 124 Å². The third-order valence-corrected chi connectivity index (χ3v) is 4.58. The van der Waals surface area contributed by atoms with E-state index < -0.39 is 0 Å². The Morgan fingerprint density at radius 3 is 3.05 bits per heavy atom. The standard InChI is InChI=1S/C15H21NO3S/c1-11-5-3-4-6-14(11)20-10-15(17)16-12-7-8-19-9-13(12)18-2/h3-6,12-13H,7-10H2,1-2H3,(H,16,17). The van der Waals surface area contributed by atoms with Gasteiger partial charge in [-0.05, 0) is 25.0 Å². The Morgan fingerprint density at radius 2 is 2.30 bits per heavy atom. The van der Waals surface area contributed by atoms with Gasteiger partial charge in [-0.1, -0.05) is 18.2 Å². The molecule has 2 rings (SSSR count). The second-order valence-electron chi connectivity index (χ2n) is 4.87. The van der Waals surface area contributed by atoms with E-state index in [9.17, 15) is 4.79 Å². The highest BCUT2D eigenvalue weighted by atomic mass is 32.2. The molecule has 0 saturated carbocycles. The smallest absolute Gasteiger partial charge is 0.230 e. The lowest BCUT2D eigenvalue weighted by Crippen LogP contribution is -2.50. The predicted molar refractivity (Wildman–Crippen MR) is 80.1 cm³/mol. The Kier molecular flexibility index (Phi) is 5.88. The summed E-state index contributed by atoms with van der Waals surface area (Å²) in [7, 11) is 1.65. The van der Waals surface area contributed by atoms with Gasteiger partial charge in [0.15, 0.2) is 0 Å². The number of aryl methyl sites for hydroxylation is 1. The lowest BCUT2D eigenvalue weighted by Gasteiger charge is -2.31. The van der Waals surface area contributed by atoms with Crippen molar-refractivity contribution in [3.8, 4) is 0 Å². The summed E-state index contributed by atoms with van der Waals surface area (Å²) in [5.41, 5.74) is 1.20. The highest BCUT2D eigenvalue weighted by molar-refractivity contribution is 8.00. The second-order valence-corrected chi connectivity index (χ2v) is 5.88. The lowest BCUT2D eigenvalue weighted by atomic mass is 10.1. The number of ether oxygens (including phenoxy) is 2. The monoisotopic (exact) mass is 295 g/mol. The highest BCUT2D eigenvalue weighted by Gasteiger charge is 2.26. The van der Waals surface area contributed by atoms with Crippen molar-refractivity contribution in [3.63, 3.8) is 0 Å². The first kappa shape index (κ1) is 15.4. The third kappa shape index (κ3) is 4.23. The third-order valence-electron chi connectivity index (χ3n) is 3.41. The summed E-state index contributed by atoms with van der Waals surface area (Å²) in [5, 5.41) is 3.04. The Balaban J connectivity index is 1.82. The fourth-order valence-corrected chi connectivity index (χ4v) is 3.06. The number of hydrogen-bond acceptors (Lipinski definition) is 4. The van der Waals surface area contributed by atoms with Gasteiger partial charge in [-0.15, -0.1) is 11.8 Å². The van der Waals surface area contributed by atoms with Gasteiger partial charge in [0.25, 0.3) is 0 Å². The number of methoxy groups -OCH3 is 1. The maximum Gasteiger partial charge on any atom is 0.230 e. The van der Waals surface area contributed by atoms with Gasteiger partial charge in [-0.2, -0.15) is 0 Å². The van der Waals surface area contributed by atoms with Crippen LogP contribution in [-0.2, 0) is 14.3 Å². The zero-order valence-electron chi connectivity index (χ0n) is 11.9. The molecule has 1 amide bonds. The number of nitrogens with one attached hydrogen (secondary N) is 1. The van der Waals surface area contributed by atoms with Crippen molar-refractivity contribution in [2.75, 3.05) is 26.1 Å². The molecule has 110 valence electrons. The van der Waals surface area contributed by atoms with Gasteiger partial charge in [-0.3, -0.25) is 4.79 Å². The molecule has 0 aromatic heterocycles. The molecular weight excluding hydrogens is 274 g/mol. The van der Waals surface area contributed by atoms with Crippen LogP contribution in [0.15, 0.2) is 29.2 Å². The minimum absolute atomic E-state index is 0.0452. The number of hydrogen-bond donors (Lipinski definition) is 1. The Bertz CT molecular complexity index is 452. The molecule has 1 fully saturated rings. The fourth-order valence-electron chi connectivity index (χ4n) is 2.22. The van der Waals surface area contributed by atoms with Crippen molar-refractivity contribution in [2.45, 2.75) is 30.4 Å². The first-order valence-corrected chi connectivity index (χ1v) is 7.77. The van der Waals surface area contributed by atoms with Crippen LogP contribution in [0, 0.1) is 6.92 Å².